The Bertz CT molecular complexity index is 768. The van der Waals surface area contributed by atoms with Crippen LogP contribution in [0.3, 0.4) is 0 Å². The first-order valence-electron chi connectivity index (χ1n) is 8.53. The van der Waals surface area contributed by atoms with Crippen LogP contribution in [0.5, 0.6) is 5.75 Å². The molecule has 26 heavy (non-hydrogen) atoms. The van der Waals surface area contributed by atoms with Crippen molar-refractivity contribution in [3.05, 3.63) is 40.4 Å². The lowest BCUT2D eigenvalue weighted by molar-refractivity contribution is -0.121. The number of nitrogens with two attached hydrogens (primary N) is 1. The predicted molar refractivity (Wildman–Crippen MR) is 96.1 cm³/mol. The molecule has 0 atom stereocenters. The first-order valence-corrected chi connectivity index (χ1v) is 9.34. The van der Waals surface area contributed by atoms with E-state index < -0.39 is 11.6 Å². The van der Waals surface area contributed by atoms with Gasteiger partial charge in [0.1, 0.15) is 17.4 Å². The van der Waals surface area contributed by atoms with Crippen LogP contribution in [0.2, 0.25) is 0 Å². The fourth-order valence-electron chi connectivity index (χ4n) is 3.15. The highest BCUT2D eigenvalue weighted by atomic mass is 32.1. The van der Waals surface area contributed by atoms with Gasteiger partial charge in [-0.25, -0.2) is 13.8 Å². The molecule has 3 rings (SSSR count). The van der Waals surface area contributed by atoms with Gasteiger partial charge < -0.3 is 15.8 Å². The zero-order valence-corrected chi connectivity index (χ0v) is 15.2. The zero-order chi connectivity index (χ0) is 18.7. The van der Waals surface area contributed by atoms with Crippen LogP contribution < -0.4 is 15.8 Å². The standard InChI is InChI=1S/C18H21F2N3O2S/c1-10-16(26-18(21)22-10)9-17(24)23-13-2-4-14(5-3-13)25-15-7-11(19)6-12(20)8-15/h6-8,13-14H,2-5,9H2,1H3,(H2,21,22)(H,23,24). The lowest BCUT2D eigenvalue weighted by atomic mass is 9.92. The summed E-state index contributed by atoms with van der Waals surface area (Å²) >= 11 is 1.33. The molecule has 1 aromatic heterocycles. The molecule has 5 nitrogen and oxygen atoms in total. The second-order valence-corrected chi connectivity index (χ2v) is 7.62. The summed E-state index contributed by atoms with van der Waals surface area (Å²) in [5.74, 6) is -1.15. The number of ether oxygens (including phenoxy) is 1. The van der Waals surface area contributed by atoms with Crippen LogP contribution in [-0.4, -0.2) is 23.0 Å². The van der Waals surface area contributed by atoms with E-state index in [1.54, 1.807) is 0 Å². The molecule has 0 saturated heterocycles. The van der Waals surface area contributed by atoms with Gasteiger partial charge in [0.25, 0.3) is 0 Å². The SMILES string of the molecule is Cc1nc(N)sc1CC(=O)NC1CCC(Oc2cc(F)cc(F)c2)CC1. The number of amides is 1. The van der Waals surface area contributed by atoms with Gasteiger partial charge >= 0.3 is 0 Å². The summed E-state index contributed by atoms with van der Waals surface area (Å²) in [6.07, 6.45) is 3.13. The monoisotopic (exact) mass is 381 g/mol. The Morgan fingerprint density at radius 1 is 1.27 bits per heavy atom. The zero-order valence-electron chi connectivity index (χ0n) is 14.4. The topological polar surface area (TPSA) is 77.2 Å². The van der Waals surface area contributed by atoms with E-state index in [1.165, 1.54) is 23.5 Å². The van der Waals surface area contributed by atoms with Crippen molar-refractivity contribution in [3.8, 4) is 5.75 Å². The molecule has 0 unspecified atom stereocenters. The minimum atomic E-state index is -0.653. The summed E-state index contributed by atoms with van der Waals surface area (Å²) < 4.78 is 32.1. The van der Waals surface area contributed by atoms with Gasteiger partial charge in [0.2, 0.25) is 5.91 Å². The van der Waals surface area contributed by atoms with Gasteiger partial charge in [-0.3, -0.25) is 4.79 Å². The lowest BCUT2D eigenvalue weighted by Crippen LogP contribution is -2.40. The quantitative estimate of drug-likeness (QED) is 0.833. The van der Waals surface area contributed by atoms with Crippen LogP contribution in [0, 0.1) is 18.6 Å². The number of benzene rings is 1. The van der Waals surface area contributed by atoms with E-state index in [2.05, 4.69) is 10.3 Å². The average molecular weight is 381 g/mol. The highest BCUT2D eigenvalue weighted by Gasteiger charge is 2.24. The maximum Gasteiger partial charge on any atom is 0.225 e. The van der Waals surface area contributed by atoms with Crippen molar-refractivity contribution in [3.63, 3.8) is 0 Å². The molecule has 0 bridgehead atoms. The molecule has 1 heterocycles. The number of aryl methyl sites for hydroxylation is 1. The number of halogens is 2. The van der Waals surface area contributed by atoms with Crippen molar-refractivity contribution in [2.45, 2.75) is 51.2 Å². The molecule has 1 amide bonds. The number of anilines is 1. The lowest BCUT2D eigenvalue weighted by Gasteiger charge is -2.29. The highest BCUT2D eigenvalue weighted by Crippen LogP contribution is 2.25. The number of rotatable bonds is 5. The molecule has 1 aromatic carbocycles. The van der Waals surface area contributed by atoms with E-state index in [4.69, 9.17) is 10.5 Å². The Hall–Kier alpha value is -2.22. The van der Waals surface area contributed by atoms with Crippen molar-refractivity contribution in [1.29, 1.82) is 0 Å². The number of nitrogens with one attached hydrogen (secondary N) is 1. The number of carbonyl (C=O) groups excluding carboxylic acids is 1. The van der Waals surface area contributed by atoms with Crippen molar-refractivity contribution < 1.29 is 18.3 Å². The van der Waals surface area contributed by atoms with Gasteiger partial charge in [0.15, 0.2) is 5.13 Å². The molecular weight excluding hydrogens is 360 g/mol. The Morgan fingerprint density at radius 3 is 2.50 bits per heavy atom. The van der Waals surface area contributed by atoms with Gasteiger partial charge in [0, 0.05) is 29.1 Å². The maximum atomic E-state index is 13.2. The predicted octanol–water partition coefficient (Wildman–Crippen LogP) is 3.36. The van der Waals surface area contributed by atoms with E-state index in [1.807, 2.05) is 6.92 Å². The van der Waals surface area contributed by atoms with Crippen LogP contribution in [0.1, 0.15) is 36.3 Å². The number of nitrogens with zero attached hydrogens (tertiary/aromatic N) is 1. The molecule has 0 radical (unpaired) electrons. The van der Waals surface area contributed by atoms with Crippen LogP contribution in [0.25, 0.3) is 0 Å². The van der Waals surface area contributed by atoms with Gasteiger partial charge in [-0.2, -0.15) is 0 Å². The molecular formula is C18H21F2N3O2S. The molecule has 1 aliphatic carbocycles. The Kier molecular flexibility index (Phi) is 5.70. The summed E-state index contributed by atoms with van der Waals surface area (Å²) in [4.78, 5) is 17.2. The number of hydrogen-bond donors (Lipinski definition) is 2. The average Bonchev–Trinajstić information content (AvgIpc) is 2.85. The summed E-state index contributed by atoms with van der Waals surface area (Å²) in [7, 11) is 0. The van der Waals surface area contributed by atoms with Crippen molar-refractivity contribution in [2.24, 2.45) is 0 Å². The molecule has 8 heteroatoms. The van der Waals surface area contributed by atoms with Crippen LogP contribution in [0.4, 0.5) is 13.9 Å². The van der Waals surface area contributed by atoms with E-state index in [0.717, 1.165) is 42.3 Å². The Balaban J connectivity index is 1.46. The first kappa shape index (κ1) is 18.6. The van der Waals surface area contributed by atoms with Crippen molar-refractivity contribution in [1.82, 2.24) is 10.3 Å². The molecule has 3 N–H and O–H groups in total. The second kappa shape index (κ2) is 7.99. The molecule has 140 valence electrons. The van der Waals surface area contributed by atoms with Crippen LogP contribution in [0.15, 0.2) is 18.2 Å². The van der Waals surface area contributed by atoms with E-state index in [0.29, 0.717) is 5.13 Å². The number of carbonyl (C=O) groups is 1. The fraction of sp³-hybridized carbons (Fsp3) is 0.444. The Labute approximate surface area is 154 Å². The third kappa shape index (κ3) is 4.91. The Morgan fingerprint density at radius 2 is 1.92 bits per heavy atom. The summed E-state index contributed by atoms with van der Waals surface area (Å²) in [6, 6.07) is 3.26. The van der Waals surface area contributed by atoms with Gasteiger partial charge in [-0.05, 0) is 32.6 Å². The van der Waals surface area contributed by atoms with E-state index in [-0.39, 0.29) is 30.2 Å². The summed E-state index contributed by atoms with van der Waals surface area (Å²) in [5, 5.41) is 3.50. The molecule has 1 aliphatic rings. The first-order chi connectivity index (χ1) is 12.4. The van der Waals surface area contributed by atoms with Crippen molar-refractivity contribution >= 4 is 22.4 Å². The number of thiazole rings is 1. The van der Waals surface area contributed by atoms with Gasteiger partial charge in [0.05, 0.1) is 18.2 Å². The number of nitrogen functional groups attached to an aromatic ring is 1. The minimum absolute atomic E-state index is 0.0479. The molecule has 0 spiro atoms. The van der Waals surface area contributed by atoms with Crippen LogP contribution >= 0.6 is 11.3 Å². The summed E-state index contributed by atoms with van der Waals surface area (Å²) in [5.41, 5.74) is 6.45. The molecule has 0 aliphatic heterocycles. The van der Waals surface area contributed by atoms with Gasteiger partial charge in [-0.1, -0.05) is 0 Å². The molecule has 1 saturated carbocycles. The smallest absolute Gasteiger partial charge is 0.225 e. The van der Waals surface area contributed by atoms with Gasteiger partial charge in [-0.15, -0.1) is 11.3 Å². The number of aromatic nitrogens is 1. The van der Waals surface area contributed by atoms with E-state index >= 15 is 0 Å². The third-order valence-electron chi connectivity index (χ3n) is 4.41. The largest absolute Gasteiger partial charge is 0.490 e. The molecule has 2 aromatic rings. The maximum absolute atomic E-state index is 13.2. The van der Waals surface area contributed by atoms with Crippen LogP contribution in [-0.2, 0) is 11.2 Å². The second-order valence-electron chi connectivity index (χ2n) is 6.50. The normalized spacial score (nSPS) is 20.0. The number of hydrogen-bond acceptors (Lipinski definition) is 5. The van der Waals surface area contributed by atoms with E-state index in [9.17, 15) is 13.6 Å². The summed E-state index contributed by atoms with van der Waals surface area (Å²) in [6.45, 7) is 1.84. The van der Waals surface area contributed by atoms with Crippen molar-refractivity contribution in [2.75, 3.05) is 5.73 Å². The minimum Gasteiger partial charge on any atom is -0.490 e. The fourth-order valence-corrected chi connectivity index (χ4v) is 3.98. The molecule has 1 fully saturated rings. The highest BCUT2D eigenvalue weighted by molar-refractivity contribution is 7.15. The third-order valence-corrected chi connectivity index (χ3v) is 5.40.